The molecule has 2 nitrogen and oxygen atoms in total. The molecule has 1 fully saturated rings. The topological polar surface area (TPSA) is 33.4 Å². The van der Waals surface area contributed by atoms with Gasteiger partial charge in [0, 0.05) is 11.5 Å². The van der Waals surface area contributed by atoms with Crippen molar-refractivity contribution in [1.82, 2.24) is 0 Å². The Balaban J connectivity index is 2.21. The van der Waals surface area contributed by atoms with Gasteiger partial charge in [-0.05, 0) is 45.1 Å². The van der Waals surface area contributed by atoms with Gasteiger partial charge in [0.1, 0.15) is 11.5 Å². The molecule has 1 heterocycles. The number of hydrogen-bond donors (Lipinski definition) is 1. The van der Waals surface area contributed by atoms with Crippen molar-refractivity contribution in [1.29, 1.82) is 0 Å². The third-order valence-electron chi connectivity index (χ3n) is 4.03. The van der Waals surface area contributed by atoms with Crippen molar-refractivity contribution in [3.05, 3.63) is 23.2 Å². The Labute approximate surface area is 83.9 Å². The molecule has 0 spiro atoms. The smallest absolute Gasteiger partial charge is 0.113 e. The molecule has 0 radical (unpaired) electrons. The van der Waals surface area contributed by atoms with Crippen molar-refractivity contribution >= 4 is 0 Å². The van der Waals surface area contributed by atoms with Crippen molar-refractivity contribution in [3.63, 3.8) is 0 Å². The summed E-state index contributed by atoms with van der Waals surface area (Å²) in [6.07, 6.45) is 3.43. The molecule has 0 aliphatic heterocycles. The number of rotatable bonds is 0. The van der Waals surface area contributed by atoms with Crippen molar-refractivity contribution in [2.24, 2.45) is 5.92 Å². The third-order valence-corrected chi connectivity index (χ3v) is 4.03. The van der Waals surface area contributed by atoms with Gasteiger partial charge in [-0.2, -0.15) is 0 Å². The zero-order valence-electron chi connectivity index (χ0n) is 8.71. The maximum atomic E-state index is 10.5. The van der Waals surface area contributed by atoms with Crippen LogP contribution >= 0.6 is 0 Å². The van der Waals surface area contributed by atoms with Crippen molar-refractivity contribution in [2.75, 3.05) is 0 Å². The Morgan fingerprint density at radius 1 is 1.50 bits per heavy atom. The molecule has 1 aromatic rings. The highest BCUT2D eigenvalue weighted by molar-refractivity contribution is 5.35. The molecule has 3 rings (SSSR count). The minimum Gasteiger partial charge on any atom is -0.466 e. The first-order chi connectivity index (χ1) is 6.59. The number of furan rings is 1. The second-order valence-electron chi connectivity index (χ2n) is 4.99. The molecule has 0 aromatic carbocycles. The van der Waals surface area contributed by atoms with Gasteiger partial charge >= 0.3 is 0 Å². The molecular weight excluding hydrogens is 176 g/mol. The fourth-order valence-electron chi connectivity index (χ4n) is 3.18. The van der Waals surface area contributed by atoms with E-state index >= 15 is 0 Å². The molecule has 2 aliphatic rings. The van der Waals surface area contributed by atoms with Crippen LogP contribution in [0.15, 0.2) is 10.5 Å². The highest BCUT2D eigenvalue weighted by Crippen LogP contribution is 2.54. The van der Waals surface area contributed by atoms with Crippen LogP contribution in [-0.2, 0) is 5.60 Å². The normalized spacial score (nSPS) is 39.9. The first kappa shape index (κ1) is 8.54. The third kappa shape index (κ3) is 0.897. The summed E-state index contributed by atoms with van der Waals surface area (Å²) in [6, 6.07) is 2.01. The van der Waals surface area contributed by atoms with Crippen molar-refractivity contribution in [2.45, 2.75) is 44.6 Å². The summed E-state index contributed by atoms with van der Waals surface area (Å²) in [7, 11) is 0. The first-order valence-electron chi connectivity index (χ1n) is 5.42. The standard InChI is InChI=1S/C12H16O2/c1-7-5-10-11(14-7)8-3-4-9(6-8)12(10,2)13/h5,8-9,13H,3-4,6H2,1-2H3. The van der Waals surface area contributed by atoms with E-state index in [1.165, 1.54) is 6.42 Å². The molecule has 0 amide bonds. The number of aliphatic hydroxyl groups is 1. The number of fused-ring (bicyclic) bond motifs is 4. The maximum Gasteiger partial charge on any atom is 0.113 e. The molecule has 1 aromatic heterocycles. The van der Waals surface area contributed by atoms with Crippen LogP contribution in [-0.4, -0.2) is 5.11 Å². The Morgan fingerprint density at radius 3 is 3.07 bits per heavy atom. The molecule has 2 aliphatic carbocycles. The molecule has 0 saturated heterocycles. The first-order valence-corrected chi connectivity index (χ1v) is 5.42. The van der Waals surface area contributed by atoms with Gasteiger partial charge in [0.2, 0.25) is 0 Å². The molecular formula is C12H16O2. The fourth-order valence-corrected chi connectivity index (χ4v) is 3.18. The van der Waals surface area contributed by atoms with E-state index in [1.807, 2.05) is 19.9 Å². The summed E-state index contributed by atoms with van der Waals surface area (Å²) < 4.78 is 5.71. The van der Waals surface area contributed by atoms with Gasteiger partial charge in [-0.25, -0.2) is 0 Å². The summed E-state index contributed by atoms with van der Waals surface area (Å²) >= 11 is 0. The minimum atomic E-state index is -0.653. The second-order valence-corrected chi connectivity index (χ2v) is 4.99. The van der Waals surface area contributed by atoms with Gasteiger partial charge in [-0.15, -0.1) is 0 Å². The molecule has 3 unspecified atom stereocenters. The molecule has 14 heavy (non-hydrogen) atoms. The Kier molecular flexibility index (Phi) is 1.48. The average Bonchev–Trinajstić information content (AvgIpc) is 2.66. The summed E-state index contributed by atoms with van der Waals surface area (Å²) in [4.78, 5) is 0. The van der Waals surface area contributed by atoms with Crippen LogP contribution in [0.2, 0.25) is 0 Å². The number of aryl methyl sites for hydroxylation is 1. The monoisotopic (exact) mass is 192 g/mol. The molecule has 2 heteroatoms. The van der Waals surface area contributed by atoms with E-state index in [2.05, 4.69) is 0 Å². The van der Waals surface area contributed by atoms with E-state index in [-0.39, 0.29) is 0 Å². The predicted octanol–water partition coefficient (Wildman–Crippen LogP) is 2.69. The molecule has 1 N–H and O–H groups in total. The van der Waals surface area contributed by atoms with Gasteiger partial charge in [0.25, 0.3) is 0 Å². The largest absolute Gasteiger partial charge is 0.466 e. The molecule has 1 saturated carbocycles. The van der Waals surface area contributed by atoms with Crippen LogP contribution < -0.4 is 0 Å². The van der Waals surface area contributed by atoms with Gasteiger partial charge in [-0.1, -0.05) is 0 Å². The summed E-state index contributed by atoms with van der Waals surface area (Å²) in [5, 5.41) is 10.5. The van der Waals surface area contributed by atoms with Gasteiger partial charge in [-0.3, -0.25) is 0 Å². The van der Waals surface area contributed by atoms with E-state index in [9.17, 15) is 5.11 Å². The Bertz CT molecular complexity index is 376. The lowest BCUT2D eigenvalue weighted by molar-refractivity contribution is -0.0115. The van der Waals surface area contributed by atoms with Gasteiger partial charge < -0.3 is 9.52 Å². The Morgan fingerprint density at radius 2 is 2.29 bits per heavy atom. The van der Waals surface area contributed by atoms with Crippen LogP contribution in [0.3, 0.4) is 0 Å². The van der Waals surface area contributed by atoms with Crippen LogP contribution in [0, 0.1) is 12.8 Å². The lowest BCUT2D eigenvalue weighted by Crippen LogP contribution is -2.33. The van der Waals surface area contributed by atoms with E-state index < -0.39 is 5.60 Å². The van der Waals surface area contributed by atoms with Crippen molar-refractivity contribution in [3.8, 4) is 0 Å². The van der Waals surface area contributed by atoms with E-state index in [0.717, 1.165) is 29.9 Å². The zero-order valence-corrected chi connectivity index (χ0v) is 8.71. The molecule has 3 atom stereocenters. The van der Waals surface area contributed by atoms with E-state index in [4.69, 9.17) is 4.42 Å². The van der Waals surface area contributed by atoms with E-state index in [0.29, 0.717) is 11.8 Å². The van der Waals surface area contributed by atoms with Crippen molar-refractivity contribution < 1.29 is 9.52 Å². The molecule has 2 bridgehead atoms. The number of hydrogen-bond acceptors (Lipinski definition) is 2. The summed E-state index contributed by atoms with van der Waals surface area (Å²) in [5.74, 6) is 3.00. The zero-order chi connectivity index (χ0) is 9.92. The predicted molar refractivity (Wildman–Crippen MR) is 53.1 cm³/mol. The van der Waals surface area contributed by atoms with Crippen LogP contribution in [0.5, 0.6) is 0 Å². The molecule has 76 valence electrons. The Hall–Kier alpha value is -0.760. The van der Waals surface area contributed by atoms with Crippen LogP contribution in [0.4, 0.5) is 0 Å². The lowest BCUT2D eigenvalue weighted by Gasteiger charge is -2.33. The minimum absolute atomic E-state index is 0.442. The van der Waals surface area contributed by atoms with Gasteiger partial charge in [0.15, 0.2) is 0 Å². The van der Waals surface area contributed by atoms with E-state index in [1.54, 1.807) is 0 Å². The van der Waals surface area contributed by atoms with Crippen LogP contribution in [0.25, 0.3) is 0 Å². The second kappa shape index (κ2) is 2.43. The average molecular weight is 192 g/mol. The van der Waals surface area contributed by atoms with Gasteiger partial charge in [0.05, 0.1) is 5.60 Å². The fraction of sp³-hybridized carbons (Fsp3) is 0.667. The summed E-state index contributed by atoms with van der Waals surface area (Å²) in [5.41, 5.74) is 0.397. The van der Waals surface area contributed by atoms with Crippen LogP contribution in [0.1, 0.15) is 49.2 Å². The highest BCUT2D eigenvalue weighted by atomic mass is 16.3. The SMILES string of the molecule is Cc1cc2c(o1)C1CCC(C1)C2(C)O. The summed E-state index contributed by atoms with van der Waals surface area (Å²) in [6.45, 7) is 3.90. The maximum absolute atomic E-state index is 10.5. The lowest BCUT2D eigenvalue weighted by atomic mass is 9.76. The highest BCUT2D eigenvalue weighted by Gasteiger charge is 2.48. The quantitative estimate of drug-likeness (QED) is 0.685.